The van der Waals surface area contributed by atoms with Gasteiger partial charge >= 0.3 is 0 Å². The second kappa shape index (κ2) is 14.2. The lowest BCUT2D eigenvalue weighted by Gasteiger charge is -2.54. The van der Waals surface area contributed by atoms with E-state index in [-0.39, 0.29) is 41.1 Å². The van der Waals surface area contributed by atoms with Gasteiger partial charge in [0, 0.05) is 59.8 Å². The number of likely N-dealkylation sites (tertiary alicyclic amines) is 1. The highest BCUT2D eigenvalue weighted by Crippen LogP contribution is 2.51. The van der Waals surface area contributed by atoms with Gasteiger partial charge < -0.3 is 29.3 Å². The molecule has 0 saturated carbocycles. The van der Waals surface area contributed by atoms with Crippen LogP contribution in [-0.2, 0) is 32.7 Å². The van der Waals surface area contributed by atoms with Crippen molar-refractivity contribution < 1.29 is 29.0 Å². The van der Waals surface area contributed by atoms with Gasteiger partial charge in [0.2, 0.25) is 11.8 Å². The van der Waals surface area contributed by atoms with Gasteiger partial charge in [0.25, 0.3) is 5.91 Å². The lowest BCUT2D eigenvalue weighted by Crippen LogP contribution is -2.65. The Labute approximate surface area is 345 Å². The molecule has 6 heterocycles. The predicted molar refractivity (Wildman–Crippen MR) is 223 cm³/mol. The molecule has 4 saturated heterocycles. The number of rotatable bonds is 6. The van der Waals surface area contributed by atoms with Crippen LogP contribution < -0.4 is 15.0 Å². The Bertz CT molecular complexity index is 2300. The van der Waals surface area contributed by atoms with Gasteiger partial charge in [0.15, 0.2) is 0 Å². The molecule has 1 aliphatic carbocycles. The van der Waals surface area contributed by atoms with Crippen LogP contribution in [0.5, 0.6) is 11.5 Å². The van der Waals surface area contributed by atoms with E-state index in [1.165, 1.54) is 39.9 Å². The van der Waals surface area contributed by atoms with Crippen LogP contribution in [0.25, 0.3) is 0 Å². The van der Waals surface area contributed by atoms with Crippen LogP contribution in [0.15, 0.2) is 84.9 Å². The molecule has 3 amide bonds. The number of fused-ring (bicyclic) bond motifs is 5. The van der Waals surface area contributed by atoms with Crippen molar-refractivity contribution in [2.75, 3.05) is 50.8 Å². The first kappa shape index (κ1) is 36.9. The Morgan fingerprint density at radius 1 is 0.831 bits per heavy atom. The number of amides is 3. The van der Waals surface area contributed by atoms with E-state index in [4.69, 9.17) is 9.47 Å². The van der Waals surface area contributed by atoms with Crippen molar-refractivity contribution in [2.24, 2.45) is 5.92 Å². The summed E-state index contributed by atoms with van der Waals surface area (Å²) >= 11 is 0. The second-order valence-corrected chi connectivity index (χ2v) is 18.5. The molecule has 0 aromatic heterocycles. The van der Waals surface area contributed by atoms with Crippen molar-refractivity contribution in [3.63, 3.8) is 0 Å². The summed E-state index contributed by atoms with van der Waals surface area (Å²) in [6.07, 6.45) is 6.93. The van der Waals surface area contributed by atoms with E-state index in [1.54, 1.807) is 4.90 Å². The third kappa shape index (κ3) is 6.33. The zero-order valence-corrected chi connectivity index (χ0v) is 33.5. The van der Waals surface area contributed by atoms with Crippen LogP contribution in [0, 0.1) is 5.92 Å². The number of aryl methyl sites for hydroxylation is 1. The van der Waals surface area contributed by atoms with Crippen molar-refractivity contribution >= 4 is 23.4 Å². The van der Waals surface area contributed by atoms with Gasteiger partial charge in [-0.05, 0) is 122 Å². The molecule has 304 valence electrons. The highest BCUT2D eigenvalue weighted by atomic mass is 16.5. The first-order valence-corrected chi connectivity index (χ1v) is 21.8. The minimum absolute atomic E-state index is 0.0514. The minimum atomic E-state index is -0.626. The summed E-state index contributed by atoms with van der Waals surface area (Å²) in [5.74, 6) is 1.53. The summed E-state index contributed by atoms with van der Waals surface area (Å²) < 4.78 is 13.1. The van der Waals surface area contributed by atoms with E-state index in [0.29, 0.717) is 42.7 Å². The molecule has 7 aliphatic rings. The molecule has 4 aromatic carbocycles. The molecule has 4 atom stereocenters. The Morgan fingerprint density at radius 3 is 2.41 bits per heavy atom. The number of carbonyl (C=O) groups excluding carboxylic acids is 3. The quantitative estimate of drug-likeness (QED) is 0.215. The fourth-order valence-corrected chi connectivity index (χ4v) is 11.7. The summed E-state index contributed by atoms with van der Waals surface area (Å²) in [7, 11) is 0. The predicted octanol–water partition coefficient (Wildman–Crippen LogP) is 6.43. The monoisotopic (exact) mass is 792 g/mol. The van der Waals surface area contributed by atoms with Crippen LogP contribution >= 0.6 is 0 Å². The van der Waals surface area contributed by atoms with Crippen LogP contribution in [0.3, 0.4) is 0 Å². The first-order chi connectivity index (χ1) is 28.7. The van der Waals surface area contributed by atoms with Crippen LogP contribution in [-0.4, -0.2) is 90.2 Å². The molecule has 59 heavy (non-hydrogen) atoms. The van der Waals surface area contributed by atoms with E-state index in [0.717, 1.165) is 82.7 Å². The molecule has 2 unspecified atom stereocenters. The molecule has 11 rings (SSSR count). The number of piperidine rings is 2. The molecule has 0 bridgehead atoms. The zero-order chi connectivity index (χ0) is 39.9. The van der Waals surface area contributed by atoms with Crippen molar-refractivity contribution in [2.45, 2.75) is 86.8 Å². The van der Waals surface area contributed by atoms with Crippen LogP contribution in [0.1, 0.15) is 101 Å². The number of hydrogen-bond donors (Lipinski definition) is 2. The van der Waals surface area contributed by atoms with Crippen molar-refractivity contribution in [3.05, 3.63) is 124 Å². The van der Waals surface area contributed by atoms with Gasteiger partial charge in [-0.3, -0.25) is 19.7 Å². The fraction of sp³-hybridized carbons (Fsp3) is 0.449. The number of carbonyl (C=O) groups is 3. The summed E-state index contributed by atoms with van der Waals surface area (Å²) in [4.78, 5) is 44.4. The topological polar surface area (TPSA) is 112 Å². The molecule has 10 nitrogen and oxygen atoms in total. The number of nitrogens with one attached hydrogen (secondary N) is 1. The van der Waals surface area contributed by atoms with Gasteiger partial charge in [0.1, 0.15) is 23.1 Å². The van der Waals surface area contributed by atoms with Gasteiger partial charge in [-0.1, -0.05) is 54.6 Å². The zero-order valence-electron chi connectivity index (χ0n) is 33.5. The van der Waals surface area contributed by atoms with E-state index < -0.39 is 6.04 Å². The molecule has 0 radical (unpaired) electrons. The number of benzene rings is 4. The Kier molecular flexibility index (Phi) is 8.89. The lowest BCUT2D eigenvalue weighted by molar-refractivity contribution is -0.136. The van der Waals surface area contributed by atoms with Crippen LogP contribution in [0.4, 0.5) is 5.69 Å². The Hall–Kier alpha value is -5.19. The number of aromatic hydroxyl groups is 1. The number of ether oxygens (including phenoxy) is 2. The van der Waals surface area contributed by atoms with Gasteiger partial charge in [0.05, 0.1) is 19.8 Å². The SMILES string of the molecule is O=C1CCC(N2Cc3c(ccc4c3OCC43CCN(CC4CCC5(CN(c6ccc([C@@H]7c8ccc(O)cc8CC[C@@H]7c7ccccc7)cc6)C5)OC4)CC3)C2=O)C(=O)N1. The standard InChI is InChI=1S/C49H52N4O6/c54-36-11-13-38-34(24-36)8-12-37(32-4-2-1-3-5-32)44(38)33-6-9-35(10-7-33)52-28-49(29-52)19-18-31(27-59-49)25-51-22-20-48(21-23-51)30-58-45-40-26-53(42-16-17-43(55)50-46(42)56)47(57)39(40)14-15-41(45)48/h1-7,9-11,13-15,24,31,37,42,44,54H,8,12,16-23,25-30H2,(H,50,55,56)/t31?,37-,42?,44+/m1/s1. The number of nitrogens with zero attached hydrogens (tertiary/aromatic N) is 3. The summed E-state index contributed by atoms with van der Waals surface area (Å²) in [5.41, 5.74) is 9.15. The normalized spacial score (nSPS) is 26.9. The molecule has 4 fully saturated rings. The number of phenols is 1. The third-order valence-electron chi connectivity index (χ3n) is 15.1. The highest BCUT2D eigenvalue weighted by Gasteiger charge is 2.50. The summed E-state index contributed by atoms with van der Waals surface area (Å²) in [6, 6.07) is 29.5. The Morgan fingerprint density at radius 2 is 1.64 bits per heavy atom. The van der Waals surface area contributed by atoms with E-state index in [2.05, 4.69) is 81.8 Å². The molecule has 2 spiro atoms. The molecular formula is C49H52N4O6. The Balaban J connectivity index is 0.685. The third-order valence-corrected chi connectivity index (χ3v) is 15.1. The largest absolute Gasteiger partial charge is 0.508 e. The summed E-state index contributed by atoms with van der Waals surface area (Å²) in [5, 5.41) is 12.6. The maximum absolute atomic E-state index is 13.4. The average Bonchev–Trinajstić information content (AvgIpc) is 3.78. The van der Waals surface area contributed by atoms with Gasteiger partial charge in [-0.15, -0.1) is 0 Å². The lowest BCUT2D eigenvalue weighted by atomic mass is 9.69. The van der Waals surface area contributed by atoms with Crippen LogP contribution in [0.2, 0.25) is 0 Å². The van der Waals surface area contributed by atoms with Crippen molar-refractivity contribution in [1.82, 2.24) is 15.1 Å². The highest BCUT2D eigenvalue weighted by molar-refractivity contribution is 6.05. The average molecular weight is 793 g/mol. The van der Waals surface area contributed by atoms with E-state index in [9.17, 15) is 19.5 Å². The van der Waals surface area contributed by atoms with E-state index in [1.807, 2.05) is 18.2 Å². The molecule has 10 heteroatoms. The van der Waals surface area contributed by atoms with Crippen molar-refractivity contribution in [3.8, 4) is 11.5 Å². The van der Waals surface area contributed by atoms with Gasteiger partial charge in [-0.2, -0.15) is 0 Å². The number of phenolic OH excluding ortho intramolecular Hbond substituents is 1. The maximum Gasteiger partial charge on any atom is 0.255 e. The molecular weight excluding hydrogens is 741 g/mol. The van der Waals surface area contributed by atoms with E-state index >= 15 is 0 Å². The smallest absolute Gasteiger partial charge is 0.255 e. The molecule has 4 aromatic rings. The maximum atomic E-state index is 13.4. The number of anilines is 1. The first-order valence-electron chi connectivity index (χ1n) is 21.8. The van der Waals surface area contributed by atoms with Gasteiger partial charge in [-0.25, -0.2) is 0 Å². The molecule has 2 N–H and O–H groups in total. The fourth-order valence-electron chi connectivity index (χ4n) is 11.7. The number of hydrogen-bond acceptors (Lipinski definition) is 8. The summed E-state index contributed by atoms with van der Waals surface area (Å²) in [6.45, 7) is 6.72. The number of imide groups is 1. The second-order valence-electron chi connectivity index (χ2n) is 18.5. The van der Waals surface area contributed by atoms with Crippen molar-refractivity contribution in [1.29, 1.82) is 0 Å². The molecule has 6 aliphatic heterocycles. The minimum Gasteiger partial charge on any atom is -0.508 e.